The van der Waals surface area contributed by atoms with Gasteiger partial charge in [-0.25, -0.2) is 0 Å². The van der Waals surface area contributed by atoms with Crippen LogP contribution in [0.25, 0.3) is 10.9 Å². The first-order valence-electron chi connectivity index (χ1n) is 10.2. The van der Waals surface area contributed by atoms with Gasteiger partial charge in [0.05, 0.1) is 12.2 Å². The Balaban J connectivity index is 1.40. The summed E-state index contributed by atoms with van der Waals surface area (Å²) in [5.41, 5.74) is 2.92. The van der Waals surface area contributed by atoms with E-state index in [9.17, 15) is 9.59 Å². The zero-order valence-corrected chi connectivity index (χ0v) is 17.4. The Hall–Kier alpha value is -3.13. The fourth-order valence-electron chi connectivity index (χ4n) is 4.02. The van der Waals surface area contributed by atoms with Gasteiger partial charge in [0, 0.05) is 62.7 Å². The molecule has 1 aliphatic rings. The van der Waals surface area contributed by atoms with Crippen LogP contribution in [0.1, 0.15) is 23.9 Å². The number of hydrogen-bond acceptors (Lipinski definition) is 5. The average Bonchev–Trinajstić information content (AvgIpc) is 3.33. The van der Waals surface area contributed by atoms with Gasteiger partial charge >= 0.3 is 0 Å². The zero-order chi connectivity index (χ0) is 21.1. The maximum Gasteiger partial charge on any atom is 0.245 e. The van der Waals surface area contributed by atoms with Crippen LogP contribution >= 0.6 is 0 Å². The van der Waals surface area contributed by atoms with Crippen molar-refractivity contribution in [3.05, 3.63) is 53.5 Å². The van der Waals surface area contributed by atoms with E-state index in [1.165, 1.54) is 6.92 Å². The molecule has 2 amide bonds. The lowest BCUT2D eigenvalue weighted by molar-refractivity contribution is -0.137. The van der Waals surface area contributed by atoms with Crippen molar-refractivity contribution < 1.29 is 14.1 Å². The number of aryl methyl sites for hydroxylation is 1. The van der Waals surface area contributed by atoms with E-state index >= 15 is 0 Å². The quantitative estimate of drug-likeness (QED) is 0.648. The van der Waals surface area contributed by atoms with Crippen molar-refractivity contribution >= 4 is 22.7 Å². The van der Waals surface area contributed by atoms with Gasteiger partial charge in [-0.3, -0.25) is 14.5 Å². The van der Waals surface area contributed by atoms with Gasteiger partial charge in [-0.1, -0.05) is 23.4 Å². The van der Waals surface area contributed by atoms with Crippen LogP contribution in [-0.4, -0.2) is 64.0 Å². The summed E-state index contributed by atoms with van der Waals surface area (Å²) in [6, 6.07) is 9.34. The van der Waals surface area contributed by atoms with Crippen LogP contribution in [0.2, 0.25) is 0 Å². The summed E-state index contributed by atoms with van der Waals surface area (Å²) in [4.78, 5) is 32.3. The van der Waals surface area contributed by atoms with Crippen molar-refractivity contribution in [2.45, 2.75) is 32.9 Å². The highest BCUT2D eigenvalue weighted by Crippen LogP contribution is 2.20. The van der Waals surface area contributed by atoms with Crippen molar-refractivity contribution in [3.8, 4) is 0 Å². The van der Waals surface area contributed by atoms with Gasteiger partial charge in [-0.2, -0.15) is 0 Å². The van der Waals surface area contributed by atoms with Crippen LogP contribution in [0, 0.1) is 6.92 Å². The molecule has 1 aromatic carbocycles. The molecule has 8 nitrogen and oxygen atoms in total. The standard InChI is InChI=1S/C22H27N5O3/c1-15-11-18(30-25-15)14-26-7-9-27(10-8-26)22(29)21(24-16(2)28)12-17-13-23-20-6-4-3-5-19(17)20/h3-6,11,13,21,23H,7-10,12,14H2,1-2H3,(H,24,28). The number of carbonyl (C=O) groups excluding carboxylic acids is 2. The second kappa shape index (κ2) is 8.71. The molecule has 2 N–H and O–H groups in total. The van der Waals surface area contributed by atoms with Gasteiger partial charge in [0.25, 0.3) is 0 Å². The van der Waals surface area contributed by atoms with Crippen LogP contribution in [0.3, 0.4) is 0 Å². The highest BCUT2D eigenvalue weighted by molar-refractivity contribution is 5.89. The van der Waals surface area contributed by atoms with Gasteiger partial charge < -0.3 is 19.7 Å². The van der Waals surface area contributed by atoms with Gasteiger partial charge in [-0.05, 0) is 18.6 Å². The number of aromatic nitrogens is 2. The van der Waals surface area contributed by atoms with Crippen molar-refractivity contribution in [1.29, 1.82) is 0 Å². The smallest absolute Gasteiger partial charge is 0.245 e. The number of piperazine rings is 1. The molecule has 0 aliphatic carbocycles. The molecule has 3 heterocycles. The molecule has 30 heavy (non-hydrogen) atoms. The number of para-hydroxylation sites is 1. The van der Waals surface area contributed by atoms with Crippen LogP contribution < -0.4 is 5.32 Å². The number of nitrogens with zero attached hydrogens (tertiary/aromatic N) is 3. The minimum Gasteiger partial charge on any atom is -0.361 e. The fraction of sp³-hybridized carbons (Fsp3) is 0.409. The van der Waals surface area contributed by atoms with E-state index in [0.717, 1.165) is 41.0 Å². The number of aromatic amines is 1. The monoisotopic (exact) mass is 409 g/mol. The van der Waals surface area contributed by atoms with E-state index in [4.69, 9.17) is 4.52 Å². The third-order valence-electron chi connectivity index (χ3n) is 5.51. The summed E-state index contributed by atoms with van der Waals surface area (Å²) in [7, 11) is 0. The van der Waals surface area contributed by atoms with Crippen molar-refractivity contribution in [2.24, 2.45) is 0 Å². The number of benzene rings is 1. The second-order valence-electron chi connectivity index (χ2n) is 7.85. The maximum absolute atomic E-state index is 13.2. The van der Waals surface area contributed by atoms with Crippen LogP contribution in [0.4, 0.5) is 0 Å². The fourth-order valence-corrected chi connectivity index (χ4v) is 4.02. The molecular weight excluding hydrogens is 382 g/mol. The second-order valence-corrected chi connectivity index (χ2v) is 7.85. The van der Waals surface area contributed by atoms with Crippen LogP contribution in [0.5, 0.6) is 0 Å². The van der Waals surface area contributed by atoms with Crippen LogP contribution in [-0.2, 0) is 22.6 Å². The largest absolute Gasteiger partial charge is 0.361 e. The lowest BCUT2D eigenvalue weighted by Gasteiger charge is -2.36. The highest BCUT2D eigenvalue weighted by Gasteiger charge is 2.29. The molecule has 0 radical (unpaired) electrons. The topological polar surface area (TPSA) is 94.5 Å². The minimum atomic E-state index is -0.579. The third-order valence-corrected chi connectivity index (χ3v) is 5.51. The third kappa shape index (κ3) is 4.54. The molecular formula is C22H27N5O3. The summed E-state index contributed by atoms with van der Waals surface area (Å²) in [6.45, 7) is 6.79. The lowest BCUT2D eigenvalue weighted by Crippen LogP contribution is -2.55. The van der Waals surface area contributed by atoms with Gasteiger partial charge in [0.2, 0.25) is 11.8 Å². The predicted molar refractivity (Wildman–Crippen MR) is 113 cm³/mol. The first-order chi connectivity index (χ1) is 14.5. The summed E-state index contributed by atoms with van der Waals surface area (Å²) < 4.78 is 5.29. The Morgan fingerprint density at radius 3 is 2.70 bits per heavy atom. The number of H-pyrrole nitrogens is 1. The van der Waals surface area contributed by atoms with E-state index < -0.39 is 6.04 Å². The van der Waals surface area contributed by atoms with Crippen LogP contribution in [0.15, 0.2) is 41.1 Å². The minimum absolute atomic E-state index is 0.0364. The molecule has 1 aliphatic heterocycles. The van der Waals surface area contributed by atoms with Crippen molar-refractivity contribution in [3.63, 3.8) is 0 Å². The molecule has 3 aromatic rings. The molecule has 0 saturated carbocycles. The van der Waals surface area contributed by atoms with E-state index in [1.807, 2.05) is 48.4 Å². The van der Waals surface area contributed by atoms with Crippen molar-refractivity contribution in [2.75, 3.05) is 26.2 Å². The van der Waals surface area contributed by atoms with Crippen molar-refractivity contribution in [1.82, 2.24) is 25.3 Å². The average molecular weight is 409 g/mol. The SMILES string of the molecule is CC(=O)NC(Cc1c[nH]c2ccccc12)C(=O)N1CCN(Cc2cc(C)no2)CC1. The predicted octanol–water partition coefficient (Wildman–Crippen LogP) is 1.86. The number of nitrogens with one attached hydrogen (secondary N) is 2. The molecule has 1 fully saturated rings. The lowest BCUT2D eigenvalue weighted by atomic mass is 10.0. The van der Waals surface area contributed by atoms with Gasteiger partial charge in [0.1, 0.15) is 6.04 Å². The molecule has 1 unspecified atom stereocenters. The number of rotatable bonds is 6. The first-order valence-corrected chi connectivity index (χ1v) is 10.2. The molecule has 8 heteroatoms. The number of amides is 2. The number of carbonyl (C=O) groups is 2. The molecule has 1 atom stereocenters. The Bertz CT molecular complexity index is 1030. The van der Waals surface area contributed by atoms with E-state index in [-0.39, 0.29) is 11.8 Å². The number of fused-ring (bicyclic) bond motifs is 1. The Kier molecular flexibility index (Phi) is 5.85. The molecule has 1 saturated heterocycles. The Morgan fingerprint density at radius 1 is 1.23 bits per heavy atom. The summed E-state index contributed by atoms with van der Waals surface area (Å²) in [5, 5.41) is 7.85. The Labute approximate surface area is 175 Å². The van der Waals surface area contributed by atoms with E-state index in [0.29, 0.717) is 26.1 Å². The Morgan fingerprint density at radius 2 is 2.00 bits per heavy atom. The molecule has 4 rings (SSSR count). The first kappa shape index (κ1) is 20.2. The molecule has 0 bridgehead atoms. The van der Waals surface area contributed by atoms with Gasteiger partial charge in [0.15, 0.2) is 5.76 Å². The maximum atomic E-state index is 13.2. The normalized spacial score (nSPS) is 16.0. The summed E-state index contributed by atoms with van der Waals surface area (Å²) in [6.07, 6.45) is 2.38. The van der Waals surface area contributed by atoms with Gasteiger partial charge in [-0.15, -0.1) is 0 Å². The van der Waals surface area contributed by atoms with E-state index in [1.54, 1.807) is 0 Å². The molecule has 158 valence electrons. The molecule has 0 spiro atoms. The number of hydrogen-bond donors (Lipinski definition) is 2. The zero-order valence-electron chi connectivity index (χ0n) is 17.4. The summed E-state index contributed by atoms with van der Waals surface area (Å²) >= 11 is 0. The highest BCUT2D eigenvalue weighted by atomic mass is 16.5. The summed E-state index contributed by atoms with van der Waals surface area (Å²) in [5.74, 6) is 0.598. The van der Waals surface area contributed by atoms with E-state index in [2.05, 4.69) is 20.4 Å². The molecule has 2 aromatic heterocycles.